The van der Waals surface area contributed by atoms with Crippen molar-refractivity contribution in [1.29, 1.82) is 0 Å². The normalized spacial score (nSPS) is 22.7. The molecule has 9 amide bonds. The van der Waals surface area contributed by atoms with Crippen LogP contribution in [-0.4, -0.2) is 218 Å². The third-order valence-electron chi connectivity index (χ3n) is 19.0. The van der Waals surface area contributed by atoms with Crippen LogP contribution in [0.5, 0.6) is 17.2 Å². The van der Waals surface area contributed by atoms with E-state index in [0.29, 0.717) is 42.9 Å². The average Bonchev–Trinajstić information content (AvgIpc) is 1.30. The van der Waals surface area contributed by atoms with Crippen molar-refractivity contribution >= 4 is 76.5 Å². The minimum Gasteiger partial charge on any atom is -0.507 e. The zero-order valence-electron chi connectivity index (χ0n) is 57.1. The first-order chi connectivity index (χ1) is 48.2. The molecule has 4 saturated heterocycles. The van der Waals surface area contributed by atoms with E-state index < -0.39 is 150 Å². The number of nitrogens with two attached hydrogens (primary N) is 1. The predicted octanol–water partition coefficient (Wildman–Crippen LogP) is 3.74. The Labute approximate surface area is 581 Å². The number of phenolic OH excluding ortho intramolecular Hbond substituents is 2. The predicted molar refractivity (Wildman–Crippen MR) is 355 cm³/mol. The lowest BCUT2D eigenvalue weighted by molar-refractivity contribution is -0.256. The van der Waals surface area contributed by atoms with Crippen molar-refractivity contribution in [2.24, 2.45) is 11.7 Å². The first-order valence-electron chi connectivity index (χ1n) is 33.4. The van der Waals surface area contributed by atoms with Crippen LogP contribution < -0.4 is 36.6 Å². The van der Waals surface area contributed by atoms with Crippen molar-refractivity contribution in [1.82, 2.24) is 30.7 Å². The number of Topliss-reactive ketones (excluding diaryl/α,β-unsaturated/α-hetero) is 1. The number of primary amides is 1. The largest absolute Gasteiger partial charge is 0.507 e. The number of morpholine rings is 1. The van der Waals surface area contributed by atoms with Gasteiger partial charge in [0.25, 0.3) is 0 Å². The Hall–Kier alpha value is -9.63. The molecule has 10 rings (SSSR count). The molecule has 4 aromatic carbocycles. The summed E-state index contributed by atoms with van der Waals surface area (Å²) < 4.78 is 47.0. The molecular formula is C70H85N9O22. The summed E-state index contributed by atoms with van der Waals surface area (Å²) in [5.74, 6) is -6.68. The SMILES string of the molecule is COc1cccc2c1C(=O)c1c(O)c3c(c(O)c1C2=O)C[C@@](O)(C(=O)COC(=O)N(C)CCN(C)C(=O)OCc1ccc(NC(=O)[C@H](CCCNC(N)=O)NC(=O)C(NC(=O)CCCc2ccc(N4C(=O)CCC4=O)cc2)C(C)C)cc1)C[C@@H]3OC1C[C@H]2[C@H](O[C@@H]3[C@@H](OC)OCCN32)[C@H](C)O1. The van der Waals surface area contributed by atoms with Gasteiger partial charge in [0.2, 0.25) is 41.1 Å². The molecule has 4 fully saturated rings. The van der Waals surface area contributed by atoms with Crippen LogP contribution in [0.4, 0.5) is 25.8 Å². The van der Waals surface area contributed by atoms with E-state index in [4.69, 9.17) is 43.6 Å². The van der Waals surface area contributed by atoms with Gasteiger partial charge in [-0.05, 0) is 80.0 Å². The average molecular weight is 1400 g/mol. The lowest BCUT2D eigenvalue weighted by atomic mass is 9.72. The number of aromatic hydroxyl groups is 2. The summed E-state index contributed by atoms with van der Waals surface area (Å²) in [5.41, 5.74) is 3.17. The second kappa shape index (κ2) is 31.9. The summed E-state index contributed by atoms with van der Waals surface area (Å²) in [4.78, 5) is 152. The number of hydrogen-bond acceptors (Lipinski definition) is 23. The Bertz CT molecular complexity index is 3840. The fourth-order valence-electron chi connectivity index (χ4n) is 13.5. The van der Waals surface area contributed by atoms with Crippen LogP contribution in [0.1, 0.15) is 132 Å². The monoisotopic (exact) mass is 1400 g/mol. The van der Waals surface area contributed by atoms with Gasteiger partial charge in [0.05, 0.1) is 48.3 Å². The number of aryl methyl sites for hydroxylation is 1. The molecule has 0 aromatic heterocycles. The summed E-state index contributed by atoms with van der Waals surface area (Å²) in [6.07, 6.45) is -6.16. The second-order valence-corrected chi connectivity index (χ2v) is 26.2. The van der Waals surface area contributed by atoms with Crippen LogP contribution in [0, 0.1) is 5.92 Å². The number of carbonyl (C=O) groups excluding carboxylic acids is 11. The number of amides is 9. The molecule has 31 heteroatoms. The number of rotatable bonds is 27. The number of urea groups is 1. The van der Waals surface area contributed by atoms with Gasteiger partial charge in [0, 0.05) is 114 Å². The van der Waals surface area contributed by atoms with Gasteiger partial charge in [-0.1, -0.05) is 50.2 Å². The third kappa shape index (κ3) is 16.4. The zero-order valence-corrected chi connectivity index (χ0v) is 57.1. The van der Waals surface area contributed by atoms with Gasteiger partial charge in [-0.15, -0.1) is 0 Å². The highest BCUT2D eigenvalue weighted by atomic mass is 16.7. The highest BCUT2D eigenvalue weighted by Crippen LogP contribution is 2.53. The Morgan fingerprint density at radius 3 is 2.14 bits per heavy atom. The smallest absolute Gasteiger partial charge is 0.409 e. The highest BCUT2D eigenvalue weighted by molar-refractivity contribution is 6.31. The Morgan fingerprint density at radius 1 is 0.802 bits per heavy atom. The van der Waals surface area contributed by atoms with E-state index in [0.717, 1.165) is 15.4 Å². The Balaban J connectivity index is 0.712. The Morgan fingerprint density at radius 2 is 1.48 bits per heavy atom. The molecule has 0 radical (unpaired) electrons. The number of nitrogens with one attached hydrogen (secondary N) is 4. The number of methoxy groups -OCH3 is 2. The van der Waals surface area contributed by atoms with E-state index in [-0.39, 0.29) is 117 Å². The topological polar surface area (TPSA) is 409 Å². The number of benzene rings is 4. The number of carbonyl (C=O) groups is 11. The number of likely N-dealkylation sites (N-methyl/N-ethyl adjacent to an activating group) is 2. The molecular weight excluding hydrogens is 1320 g/mol. The van der Waals surface area contributed by atoms with E-state index in [9.17, 15) is 68.1 Å². The van der Waals surface area contributed by atoms with Gasteiger partial charge in [-0.25, -0.2) is 14.4 Å². The molecule has 4 heterocycles. The molecule has 10 atom stereocenters. The molecule has 31 nitrogen and oxygen atoms in total. The second-order valence-electron chi connectivity index (χ2n) is 26.2. The number of aliphatic hydroxyl groups is 1. The molecule has 0 spiro atoms. The summed E-state index contributed by atoms with van der Waals surface area (Å²) >= 11 is 0. The molecule has 4 aliphatic heterocycles. The molecule has 542 valence electrons. The number of phenols is 2. The minimum absolute atomic E-state index is 0.0440. The number of anilines is 2. The number of imide groups is 1. The fourth-order valence-corrected chi connectivity index (χ4v) is 13.5. The molecule has 101 heavy (non-hydrogen) atoms. The molecule has 0 bridgehead atoms. The number of fused-ring (bicyclic) bond motifs is 6. The minimum atomic E-state index is -2.49. The zero-order chi connectivity index (χ0) is 72.7. The first-order valence-corrected chi connectivity index (χ1v) is 33.4. The summed E-state index contributed by atoms with van der Waals surface area (Å²) in [6, 6.07) is 14.3. The molecule has 2 aliphatic carbocycles. The van der Waals surface area contributed by atoms with Crippen LogP contribution in [0.15, 0.2) is 66.7 Å². The van der Waals surface area contributed by atoms with Crippen LogP contribution >= 0.6 is 0 Å². The lowest BCUT2D eigenvalue weighted by Crippen LogP contribution is -2.55. The molecule has 2 unspecified atom stereocenters. The Kier molecular flexibility index (Phi) is 23.4. The maximum Gasteiger partial charge on any atom is 0.409 e. The van der Waals surface area contributed by atoms with Gasteiger partial charge in [-0.3, -0.25) is 48.2 Å². The van der Waals surface area contributed by atoms with E-state index in [1.807, 2.05) is 0 Å². The highest BCUT2D eigenvalue weighted by Gasteiger charge is 2.56. The number of ketones is 3. The van der Waals surface area contributed by atoms with E-state index >= 15 is 0 Å². The van der Waals surface area contributed by atoms with Gasteiger partial charge in [0.1, 0.15) is 47.6 Å². The van der Waals surface area contributed by atoms with Crippen molar-refractivity contribution in [3.63, 3.8) is 0 Å². The summed E-state index contributed by atoms with van der Waals surface area (Å²) in [5, 5.41) is 47.5. The van der Waals surface area contributed by atoms with Crippen molar-refractivity contribution in [3.8, 4) is 17.2 Å². The quantitative estimate of drug-likeness (QED) is 0.0211. The first kappa shape index (κ1) is 74.1. The third-order valence-corrected chi connectivity index (χ3v) is 19.0. The number of hydrogen-bond donors (Lipinski definition) is 8. The molecule has 0 saturated carbocycles. The van der Waals surface area contributed by atoms with Gasteiger partial charge >= 0.3 is 18.2 Å². The van der Waals surface area contributed by atoms with E-state index in [1.54, 1.807) is 69.3 Å². The van der Waals surface area contributed by atoms with E-state index in [2.05, 4.69) is 26.2 Å². The van der Waals surface area contributed by atoms with Crippen LogP contribution in [0.25, 0.3) is 0 Å². The van der Waals surface area contributed by atoms with Crippen LogP contribution in [0.3, 0.4) is 0 Å². The number of nitrogens with zero attached hydrogens (tertiary/aromatic N) is 4. The fraction of sp³-hybridized carbons (Fsp3) is 0.500. The summed E-state index contributed by atoms with van der Waals surface area (Å²) in [7, 11) is 5.58. The molecule has 4 aromatic rings. The van der Waals surface area contributed by atoms with Gasteiger partial charge < -0.3 is 90.0 Å². The maximum atomic E-state index is 14.4. The van der Waals surface area contributed by atoms with Crippen molar-refractivity contribution < 1.29 is 106 Å². The maximum absolute atomic E-state index is 14.4. The molecule has 6 aliphatic rings. The number of ether oxygens (including phenoxy) is 8. The van der Waals surface area contributed by atoms with Gasteiger partial charge in [0.15, 0.2) is 31.2 Å². The van der Waals surface area contributed by atoms with Crippen LogP contribution in [-0.2, 0) is 81.4 Å². The van der Waals surface area contributed by atoms with Crippen LogP contribution in [0.2, 0.25) is 0 Å². The van der Waals surface area contributed by atoms with Crippen molar-refractivity contribution in [2.45, 2.75) is 152 Å². The van der Waals surface area contributed by atoms with Crippen molar-refractivity contribution in [3.05, 3.63) is 111 Å². The summed E-state index contributed by atoms with van der Waals surface area (Å²) in [6.45, 7) is 4.76. The standard InChI is InChI=1S/C70H85N9O22/c1-36(2)57(75-49(81)15-8-11-38-18-22-41(23-19-38)79-50(82)24-25-51(79)83)64(89)74-44(13-10-26-72-67(71)90)63(88)73-40-20-16-39(17-21-40)34-97-68(91)76(4)27-28-77(5)69(92)98-35-48(80)70(93)32-43-54(61(87)56-55(59(43)85)58(84)42-12-9-14-46(94-6)53(42)60(56)86)47(33-70)100-52-31-45-62(37(3)99-52)101-65-66(95-7)96-30-29-78(45)65/h9,12,14,16-23,36-37,44-45,47,52,57,62,65-66,85,87,93H,8,10-11,13,15,24-35H2,1-7H3,(H,73,88)(H,74,89)(H,75,81)(H3,71,72,90)/t37-,44-,45-,47-,52?,57?,62+,65+,66-,70-/m0/s1. The van der Waals surface area contributed by atoms with Gasteiger partial charge in [-0.2, -0.15) is 0 Å². The molecule has 9 N–H and O–H groups in total. The van der Waals surface area contributed by atoms with Crippen molar-refractivity contribution in [2.75, 3.05) is 77.9 Å². The lowest BCUT2D eigenvalue weighted by Gasteiger charge is -2.43. The van der Waals surface area contributed by atoms with E-state index in [1.165, 1.54) is 51.4 Å².